The average Bonchev–Trinajstić information content (AvgIpc) is 3.34. The third-order valence-corrected chi connectivity index (χ3v) is 8.96. The summed E-state index contributed by atoms with van der Waals surface area (Å²) in [6, 6.07) is 17.8. The number of hydrogen-bond acceptors (Lipinski definition) is 9. The molecule has 47 heavy (non-hydrogen) atoms. The molecule has 1 aliphatic heterocycles. The Morgan fingerprint density at radius 3 is 2.26 bits per heavy atom. The van der Waals surface area contributed by atoms with Crippen molar-refractivity contribution in [3.05, 3.63) is 124 Å². The Kier molecular flexibility index (Phi) is 10.8. The molecule has 0 saturated heterocycles. The van der Waals surface area contributed by atoms with Gasteiger partial charge in [0, 0.05) is 0 Å². The Bertz CT molecular complexity index is 2010. The molecule has 0 N–H and O–H groups in total. The first-order chi connectivity index (χ1) is 22.6. The van der Waals surface area contributed by atoms with Crippen molar-refractivity contribution in [2.24, 2.45) is 4.99 Å². The first-order valence-corrected chi connectivity index (χ1v) is 16.9. The zero-order chi connectivity index (χ0) is 33.7. The molecular weight excluding hydrogens is 684 g/mol. The molecule has 1 aliphatic rings. The molecule has 4 aromatic rings. The number of nitrogens with zero attached hydrogens (tertiary/aromatic N) is 2. The van der Waals surface area contributed by atoms with E-state index in [2.05, 4.69) is 20.9 Å². The van der Waals surface area contributed by atoms with E-state index in [1.807, 2.05) is 62.4 Å². The molecule has 0 unspecified atom stereocenters. The van der Waals surface area contributed by atoms with E-state index >= 15 is 0 Å². The van der Waals surface area contributed by atoms with Crippen LogP contribution in [0.2, 0.25) is 0 Å². The molecule has 2 heterocycles. The standard InChI is InChI=1S/C36H35BrN2O7S/c1-6-43-28-18-24(17-27(37)32(28)46-20-23-11-15-26(16-12-23)34(41)44-7-2)19-29-33(40)39-31(25-13-9-21(4)10-14-25)30(35(42)45-8-3)22(5)38-36(39)47-29/h9-19,31H,6-8,20H2,1-5H3/b29-19-/t31-/m1/s1. The predicted molar refractivity (Wildman–Crippen MR) is 184 cm³/mol. The smallest absolute Gasteiger partial charge is 0.338 e. The van der Waals surface area contributed by atoms with Gasteiger partial charge in [0.2, 0.25) is 0 Å². The summed E-state index contributed by atoms with van der Waals surface area (Å²) >= 11 is 4.88. The third kappa shape index (κ3) is 7.41. The second-order valence-electron chi connectivity index (χ2n) is 10.7. The lowest BCUT2D eigenvalue weighted by atomic mass is 9.95. The minimum absolute atomic E-state index is 0.208. The van der Waals surface area contributed by atoms with Crippen LogP contribution < -0.4 is 24.4 Å². The highest BCUT2D eigenvalue weighted by molar-refractivity contribution is 9.10. The number of hydrogen-bond donors (Lipinski definition) is 0. The van der Waals surface area contributed by atoms with Gasteiger partial charge in [0.15, 0.2) is 16.3 Å². The molecule has 11 heteroatoms. The van der Waals surface area contributed by atoms with E-state index < -0.39 is 12.0 Å². The van der Waals surface area contributed by atoms with Crippen LogP contribution in [0.1, 0.15) is 66.3 Å². The van der Waals surface area contributed by atoms with Crippen LogP contribution in [0.5, 0.6) is 11.5 Å². The number of allylic oxidation sites excluding steroid dienone is 1. The third-order valence-electron chi connectivity index (χ3n) is 7.39. The zero-order valence-electron chi connectivity index (χ0n) is 26.8. The van der Waals surface area contributed by atoms with Crippen molar-refractivity contribution in [3.63, 3.8) is 0 Å². The summed E-state index contributed by atoms with van der Waals surface area (Å²) in [4.78, 5) is 44.3. The van der Waals surface area contributed by atoms with Crippen molar-refractivity contribution in [2.45, 2.75) is 47.3 Å². The highest BCUT2D eigenvalue weighted by atomic mass is 79.9. The summed E-state index contributed by atoms with van der Waals surface area (Å²) in [6.45, 7) is 10.3. The number of ether oxygens (including phenoxy) is 4. The number of thiazole rings is 1. The topological polar surface area (TPSA) is 105 Å². The van der Waals surface area contributed by atoms with Gasteiger partial charge >= 0.3 is 11.9 Å². The van der Waals surface area contributed by atoms with E-state index in [9.17, 15) is 14.4 Å². The molecular formula is C36H35BrN2O7S. The van der Waals surface area contributed by atoms with Crippen LogP contribution >= 0.6 is 27.3 Å². The van der Waals surface area contributed by atoms with Gasteiger partial charge in [0.25, 0.3) is 5.56 Å². The van der Waals surface area contributed by atoms with Gasteiger partial charge in [-0.05, 0) is 97.6 Å². The average molecular weight is 720 g/mol. The largest absolute Gasteiger partial charge is 0.490 e. The monoisotopic (exact) mass is 718 g/mol. The molecule has 0 bridgehead atoms. The van der Waals surface area contributed by atoms with E-state index in [1.54, 1.807) is 43.5 Å². The Hall–Kier alpha value is -4.48. The Morgan fingerprint density at radius 2 is 1.60 bits per heavy atom. The summed E-state index contributed by atoms with van der Waals surface area (Å²) in [6.07, 6.45) is 1.78. The maximum Gasteiger partial charge on any atom is 0.338 e. The van der Waals surface area contributed by atoms with E-state index in [-0.39, 0.29) is 24.7 Å². The molecule has 1 aromatic heterocycles. The lowest BCUT2D eigenvalue weighted by Gasteiger charge is -2.24. The summed E-state index contributed by atoms with van der Waals surface area (Å²) in [5, 5.41) is 0. The van der Waals surface area contributed by atoms with Crippen LogP contribution in [0.4, 0.5) is 0 Å². The Labute approximate surface area is 284 Å². The first kappa shape index (κ1) is 33.9. The maximum absolute atomic E-state index is 14.0. The predicted octanol–water partition coefficient (Wildman–Crippen LogP) is 6.02. The normalized spacial score (nSPS) is 14.3. The van der Waals surface area contributed by atoms with E-state index in [1.165, 1.54) is 11.3 Å². The van der Waals surface area contributed by atoms with Crippen molar-refractivity contribution in [3.8, 4) is 11.5 Å². The molecule has 1 atom stereocenters. The number of carbonyl (C=O) groups excluding carboxylic acids is 2. The number of halogens is 1. The lowest BCUT2D eigenvalue weighted by Crippen LogP contribution is -2.39. The number of aromatic nitrogens is 1. The number of fused-ring (bicyclic) bond motifs is 1. The first-order valence-electron chi connectivity index (χ1n) is 15.3. The second-order valence-corrected chi connectivity index (χ2v) is 12.5. The molecule has 3 aromatic carbocycles. The van der Waals surface area contributed by atoms with Gasteiger partial charge in [-0.2, -0.15) is 0 Å². The molecule has 0 saturated carbocycles. The van der Waals surface area contributed by atoms with Gasteiger partial charge in [-0.15, -0.1) is 0 Å². The minimum atomic E-state index is -0.680. The highest BCUT2D eigenvalue weighted by Crippen LogP contribution is 2.38. The number of rotatable bonds is 11. The van der Waals surface area contributed by atoms with Crippen molar-refractivity contribution in [1.82, 2.24) is 4.57 Å². The van der Waals surface area contributed by atoms with Gasteiger partial charge in [-0.1, -0.05) is 53.3 Å². The van der Waals surface area contributed by atoms with Crippen LogP contribution in [0, 0.1) is 6.92 Å². The van der Waals surface area contributed by atoms with Crippen LogP contribution in [0.25, 0.3) is 6.08 Å². The number of benzene rings is 3. The van der Waals surface area contributed by atoms with Crippen LogP contribution in [0.15, 0.2) is 86.2 Å². The van der Waals surface area contributed by atoms with Gasteiger partial charge in [0.1, 0.15) is 6.61 Å². The molecule has 244 valence electrons. The summed E-state index contributed by atoms with van der Waals surface area (Å²) in [5.41, 5.74) is 4.48. The summed E-state index contributed by atoms with van der Waals surface area (Å²) in [7, 11) is 0. The minimum Gasteiger partial charge on any atom is -0.490 e. The van der Waals surface area contributed by atoms with E-state index in [0.717, 1.165) is 16.7 Å². The van der Waals surface area contributed by atoms with Crippen LogP contribution in [0.3, 0.4) is 0 Å². The van der Waals surface area contributed by atoms with Crippen molar-refractivity contribution < 1.29 is 28.5 Å². The fraction of sp³-hybridized carbons (Fsp3) is 0.278. The van der Waals surface area contributed by atoms with Crippen molar-refractivity contribution in [2.75, 3.05) is 19.8 Å². The molecule has 9 nitrogen and oxygen atoms in total. The molecule has 5 rings (SSSR count). The quantitative estimate of drug-likeness (QED) is 0.175. The van der Waals surface area contributed by atoms with Gasteiger partial charge in [0.05, 0.1) is 51.7 Å². The summed E-state index contributed by atoms with van der Waals surface area (Å²) in [5.74, 6) is 0.144. The Morgan fingerprint density at radius 1 is 0.915 bits per heavy atom. The van der Waals surface area contributed by atoms with Crippen LogP contribution in [-0.4, -0.2) is 36.3 Å². The zero-order valence-corrected chi connectivity index (χ0v) is 29.2. The maximum atomic E-state index is 14.0. The fourth-order valence-electron chi connectivity index (χ4n) is 5.19. The number of esters is 2. The number of carbonyl (C=O) groups is 2. The van der Waals surface area contributed by atoms with Gasteiger partial charge in [-0.3, -0.25) is 9.36 Å². The molecule has 0 amide bonds. The lowest BCUT2D eigenvalue weighted by molar-refractivity contribution is -0.139. The van der Waals surface area contributed by atoms with Gasteiger partial charge < -0.3 is 18.9 Å². The molecule has 0 aliphatic carbocycles. The van der Waals surface area contributed by atoms with Crippen molar-refractivity contribution >= 4 is 45.3 Å². The SMILES string of the molecule is CCOC(=O)C1=C(C)N=c2s/c(=C\c3cc(Br)c(OCc4ccc(C(=O)OCC)cc4)c(OCC)c3)c(=O)n2[C@@H]1c1ccc(C)cc1. The highest BCUT2D eigenvalue weighted by Gasteiger charge is 2.33. The molecule has 0 spiro atoms. The van der Waals surface area contributed by atoms with E-state index in [0.29, 0.717) is 60.9 Å². The fourth-order valence-corrected chi connectivity index (χ4v) is 6.81. The Balaban J connectivity index is 1.50. The number of aryl methyl sites for hydroxylation is 1. The van der Waals surface area contributed by atoms with Crippen molar-refractivity contribution in [1.29, 1.82) is 0 Å². The second kappa shape index (κ2) is 15.0. The molecule has 0 radical (unpaired) electrons. The molecule has 0 fully saturated rings. The van der Waals surface area contributed by atoms with Gasteiger partial charge in [-0.25, -0.2) is 14.6 Å². The van der Waals surface area contributed by atoms with E-state index in [4.69, 9.17) is 18.9 Å². The summed E-state index contributed by atoms with van der Waals surface area (Å²) < 4.78 is 25.2. The van der Waals surface area contributed by atoms with Crippen LogP contribution in [-0.2, 0) is 20.9 Å².